The maximum Gasteiger partial charge on any atom is 0.337 e. The molecule has 0 atom stereocenters. The van der Waals surface area contributed by atoms with Crippen molar-refractivity contribution in [3.63, 3.8) is 0 Å². The molecule has 2 aromatic heterocycles. The number of hydrogen-bond acceptors (Lipinski definition) is 7. The maximum atomic E-state index is 12.1. The van der Waals surface area contributed by atoms with Crippen LogP contribution < -0.4 is 0 Å². The number of H-pyrrole nitrogens is 1. The number of nitrogens with one attached hydrogen (secondary N) is 1. The van der Waals surface area contributed by atoms with Gasteiger partial charge in [-0.15, -0.1) is 0 Å². The third-order valence-corrected chi connectivity index (χ3v) is 6.08. The Morgan fingerprint density at radius 3 is 2.54 bits per heavy atom. The number of pyridine rings is 1. The molecule has 1 aliphatic heterocycles. The van der Waals surface area contributed by atoms with Gasteiger partial charge in [0.25, 0.3) is 0 Å². The van der Waals surface area contributed by atoms with E-state index >= 15 is 0 Å². The number of aromatic amines is 1. The summed E-state index contributed by atoms with van der Waals surface area (Å²) in [7, 11) is 1.34. The third-order valence-electron chi connectivity index (χ3n) is 6.08. The monoisotopic (exact) mass is 470 g/mol. The Bertz CT molecular complexity index is 1360. The summed E-state index contributed by atoms with van der Waals surface area (Å²) in [4.78, 5) is 26.5. The SMILES string of the molecule is COC(=O)c1ccc2[nH]c(O)c(C(=Nc3ccc(CN4CCOCC4)cc3)c3ccncc3)c2c1. The molecule has 0 bridgehead atoms. The number of aromatic hydroxyl groups is 1. The lowest BCUT2D eigenvalue weighted by Gasteiger charge is -2.26. The van der Waals surface area contributed by atoms with Gasteiger partial charge in [0.15, 0.2) is 5.88 Å². The average molecular weight is 471 g/mol. The van der Waals surface area contributed by atoms with Gasteiger partial charge in [0.1, 0.15) is 0 Å². The molecular formula is C27H26N4O4. The van der Waals surface area contributed by atoms with Crippen LogP contribution in [0.15, 0.2) is 72.0 Å². The van der Waals surface area contributed by atoms with Crippen LogP contribution in [0.3, 0.4) is 0 Å². The Labute approximate surface area is 202 Å². The van der Waals surface area contributed by atoms with Crippen LogP contribution in [-0.4, -0.2) is 65.1 Å². The average Bonchev–Trinajstić information content (AvgIpc) is 3.23. The third kappa shape index (κ3) is 4.94. The highest BCUT2D eigenvalue weighted by atomic mass is 16.5. The van der Waals surface area contributed by atoms with Crippen molar-refractivity contribution >= 4 is 28.3 Å². The van der Waals surface area contributed by atoms with Crippen molar-refractivity contribution in [3.05, 3.63) is 89.2 Å². The number of ether oxygens (including phenoxy) is 2. The topological polar surface area (TPSA) is 100 Å². The van der Waals surface area contributed by atoms with Gasteiger partial charge in [-0.2, -0.15) is 0 Å². The quantitative estimate of drug-likeness (QED) is 0.326. The summed E-state index contributed by atoms with van der Waals surface area (Å²) in [5.74, 6) is -0.474. The van der Waals surface area contributed by atoms with E-state index in [9.17, 15) is 9.90 Å². The van der Waals surface area contributed by atoms with Crippen LogP contribution in [0.1, 0.15) is 27.0 Å². The van der Waals surface area contributed by atoms with E-state index in [0.717, 1.165) is 44.1 Å². The number of rotatable bonds is 6. The number of aliphatic imine (C=N–C) groups is 1. The molecular weight excluding hydrogens is 444 g/mol. The molecule has 3 heterocycles. The van der Waals surface area contributed by atoms with Gasteiger partial charge in [0.05, 0.1) is 42.8 Å². The molecule has 0 amide bonds. The number of esters is 1. The molecule has 2 N–H and O–H groups in total. The molecule has 0 saturated carbocycles. The molecule has 1 saturated heterocycles. The van der Waals surface area contributed by atoms with Crippen LogP contribution in [0, 0.1) is 0 Å². The summed E-state index contributed by atoms with van der Waals surface area (Å²) in [5, 5.41) is 11.5. The molecule has 4 aromatic rings. The molecule has 8 nitrogen and oxygen atoms in total. The maximum absolute atomic E-state index is 12.1. The highest BCUT2D eigenvalue weighted by Crippen LogP contribution is 2.32. The molecule has 8 heteroatoms. The van der Waals surface area contributed by atoms with Crippen molar-refractivity contribution in [1.29, 1.82) is 0 Å². The Morgan fingerprint density at radius 2 is 1.83 bits per heavy atom. The van der Waals surface area contributed by atoms with Crippen molar-refractivity contribution in [2.24, 2.45) is 4.99 Å². The van der Waals surface area contributed by atoms with Crippen LogP contribution in [0.4, 0.5) is 5.69 Å². The van der Waals surface area contributed by atoms with Crippen LogP contribution >= 0.6 is 0 Å². The lowest BCUT2D eigenvalue weighted by atomic mass is 10.0. The Hall–Kier alpha value is -4.01. The minimum absolute atomic E-state index is 0.0264. The first-order chi connectivity index (χ1) is 17.1. The van der Waals surface area contributed by atoms with Crippen molar-refractivity contribution in [2.45, 2.75) is 6.54 Å². The van der Waals surface area contributed by atoms with E-state index in [4.69, 9.17) is 14.5 Å². The molecule has 0 radical (unpaired) electrons. The molecule has 178 valence electrons. The summed E-state index contributed by atoms with van der Waals surface area (Å²) < 4.78 is 10.3. The van der Waals surface area contributed by atoms with E-state index in [1.165, 1.54) is 12.7 Å². The van der Waals surface area contributed by atoms with Crippen LogP contribution in [0.5, 0.6) is 5.88 Å². The lowest BCUT2D eigenvalue weighted by Crippen LogP contribution is -2.35. The second-order valence-corrected chi connectivity index (χ2v) is 8.35. The molecule has 0 spiro atoms. The van der Waals surface area contributed by atoms with E-state index in [2.05, 4.69) is 27.0 Å². The number of carbonyl (C=O) groups excluding carboxylic acids is 1. The van der Waals surface area contributed by atoms with Gasteiger partial charge in [0.2, 0.25) is 0 Å². The van der Waals surface area contributed by atoms with Gasteiger partial charge in [0, 0.05) is 48.5 Å². The fourth-order valence-electron chi connectivity index (χ4n) is 4.26. The Balaban J connectivity index is 1.56. The minimum atomic E-state index is -0.447. The molecule has 5 rings (SSSR count). The normalized spacial score (nSPS) is 14.8. The molecule has 0 unspecified atom stereocenters. The molecule has 1 aliphatic rings. The van der Waals surface area contributed by atoms with Crippen molar-refractivity contribution < 1.29 is 19.4 Å². The number of hydrogen-bond donors (Lipinski definition) is 2. The number of carbonyl (C=O) groups is 1. The van der Waals surface area contributed by atoms with Crippen LogP contribution in [0.25, 0.3) is 10.9 Å². The van der Waals surface area contributed by atoms with Crippen molar-refractivity contribution in [3.8, 4) is 5.88 Å². The zero-order valence-electron chi connectivity index (χ0n) is 19.4. The standard InChI is InChI=1S/C27H26N4O4/c1-34-27(33)20-4-7-23-22(16-20)24(26(32)30-23)25(19-8-10-28-11-9-19)29-21-5-2-18(3-6-21)17-31-12-14-35-15-13-31/h2-11,16,30,32H,12-15,17H2,1H3. The second kappa shape index (κ2) is 10.1. The first-order valence-electron chi connectivity index (χ1n) is 11.4. The first kappa shape index (κ1) is 22.8. The van der Waals surface area contributed by atoms with E-state index in [-0.39, 0.29) is 5.88 Å². The predicted molar refractivity (Wildman–Crippen MR) is 133 cm³/mol. The fraction of sp³-hybridized carbons (Fsp3) is 0.222. The van der Waals surface area contributed by atoms with E-state index in [1.54, 1.807) is 30.6 Å². The molecule has 0 aliphatic carbocycles. The van der Waals surface area contributed by atoms with Gasteiger partial charge in [-0.1, -0.05) is 12.1 Å². The Kier molecular flexibility index (Phi) is 6.56. The smallest absolute Gasteiger partial charge is 0.337 e. The number of fused-ring (bicyclic) bond motifs is 1. The summed E-state index contributed by atoms with van der Waals surface area (Å²) in [6, 6.07) is 16.9. The lowest BCUT2D eigenvalue weighted by molar-refractivity contribution is 0.0342. The van der Waals surface area contributed by atoms with Crippen LogP contribution in [-0.2, 0) is 16.0 Å². The minimum Gasteiger partial charge on any atom is -0.494 e. The zero-order chi connectivity index (χ0) is 24.2. The largest absolute Gasteiger partial charge is 0.494 e. The number of aromatic nitrogens is 2. The summed E-state index contributed by atoms with van der Waals surface area (Å²) >= 11 is 0. The first-order valence-corrected chi connectivity index (χ1v) is 11.4. The number of benzene rings is 2. The molecule has 2 aromatic carbocycles. The summed E-state index contributed by atoms with van der Waals surface area (Å²) in [5.41, 5.74) is 4.90. The van der Waals surface area contributed by atoms with E-state index < -0.39 is 5.97 Å². The number of methoxy groups -OCH3 is 1. The number of morpholine rings is 1. The summed E-state index contributed by atoms with van der Waals surface area (Å²) in [6.07, 6.45) is 3.37. The van der Waals surface area contributed by atoms with Gasteiger partial charge >= 0.3 is 5.97 Å². The van der Waals surface area contributed by atoms with Crippen LogP contribution in [0.2, 0.25) is 0 Å². The highest BCUT2D eigenvalue weighted by molar-refractivity contribution is 6.22. The molecule has 35 heavy (non-hydrogen) atoms. The van der Waals surface area contributed by atoms with Gasteiger partial charge < -0.3 is 19.6 Å². The van der Waals surface area contributed by atoms with E-state index in [1.807, 2.05) is 24.3 Å². The Morgan fingerprint density at radius 1 is 1.09 bits per heavy atom. The zero-order valence-corrected chi connectivity index (χ0v) is 19.4. The van der Waals surface area contributed by atoms with Gasteiger partial charge in [-0.25, -0.2) is 9.79 Å². The van der Waals surface area contributed by atoms with Crippen molar-refractivity contribution in [1.82, 2.24) is 14.9 Å². The number of nitrogens with zero attached hydrogens (tertiary/aromatic N) is 3. The highest BCUT2D eigenvalue weighted by Gasteiger charge is 2.20. The summed E-state index contributed by atoms with van der Waals surface area (Å²) in [6.45, 7) is 4.26. The van der Waals surface area contributed by atoms with Crippen molar-refractivity contribution in [2.75, 3.05) is 33.4 Å². The fourth-order valence-corrected chi connectivity index (χ4v) is 4.26. The molecule has 1 fully saturated rings. The van der Waals surface area contributed by atoms with Gasteiger partial charge in [-0.05, 0) is 48.0 Å². The van der Waals surface area contributed by atoms with Gasteiger partial charge in [-0.3, -0.25) is 9.88 Å². The van der Waals surface area contributed by atoms with E-state index in [0.29, 0.717) is 27.7 Å². The second-order valence-electron chi connectivity index (χ2n) is 8.35. The predicted octanol–water partition coefficient (Wildman–Crippen LogP) is 4.06.